The number of benzene rings is 2. The minimum atomic E-state index is 0.518. The third-order valence-electron chi connectivity index (χ3n) is 4.19. The standard InChI is InChI=1S/C18H20O5/c1-19-12-8-6-7-10-9-11-14(13(10)12)16(21-3)18(23-5)17(22-4)15(11)20-2/h6-8H,9H2,1-5H3. The Balaban J connectivity index is 2.43. The van der Waals surface area contributed by atoms with Crippen LogP contribution in [0.1, 0.15) is 11.1 Å². The first-order valence-corrected chi connectivity index (χ1v) is 7.26. The van der Waals surface area contributed by atoms with E-state index < -0.39 is 0 Å². The monoisotopic (exact) mass is 316 g/mol. The molecule has 0 radical (unpaired) electrons. The van der Waals surface area contributed by atoms with Crippen LogP contribution >= 0.6 is 0 Å². The van der Waals surface area contributed by atoms with Crippen LogP contribution in [-0.2, 0) is 6.42 Å². The summed E-state index contributed by atoms with van der Waals surface area (Å²) in [6, 6.07) is 6.00. The van der Waals surface area contributed by atoms with E-state index >= 15 is 0 Å². The van der Waals surface area contributed by atoms with Crippen molar-refractivity contribution in [2.24, 2.45) is 0 Å². The Labute approximate surface area is 135 Å². The molecule has 0 unspecified atom stereocenters. The summed E-state index contributed by atoms with van der Waals surface area (Å²) in [5.41, 5.74) is 4.13. The fourth-order valence-corrected chi connectivity index (χ4v) is 3.29. The smallest absolute Gasteiger partial charge is 0.207 e. The second kappa shape index (κ2) is 5.91. The Morgan fingerprint density at radius 2 is 1.26 bits per heavy atom. The molecule has 0 atom stereocenters. The van der Waals surface area contributed by atoms with E-state index in [1.54, 1.807) is 35.5 Å². The van der Waals surface area contributed by atoms with Gasteiger partial charge in [0.15, 0.2) is 11.5 Å². The van der Waals surface area contributed by atoms with Gasteiger partial charge in [0.05, 0.1) is 35.5 Å². The lowest BCUT2D eigenvalue weighted by Gasteiger charge is -2.20. The van der Waals surface area contributed by atoms with Crippen LogP contribution in [0.15, 0.2) is 18.2 Å². The number of ether oxygens (including phenoxy) is 5. The van der Waals surface area contributed by atoms with Crippen molar-refractivity contribution < 1.29 is 23.7 Å². The van der Waals surface area contributed by atoms with Crippen LogP contribution in [-0.4, -0.2) is 35.5 Å². The van der Waals surface area contributed by atoms with E-state index in [1.165, 1.54) is 0 Å². The van der Waals surface area contributed by atoms with E-state index in [4.69, 9.17) is 23.7 Å². The van der Waals surface area contributed by atoms with E-state index in [1.807, 2.05) is 12.1 Å². The van der Waals surface area contributed by atoms with E-state index in [0.29, 0.717) is 23.0 Å². The Morgan fingerprint density at radius 1 is 0.652 bits per heavy atom. The highest BCUT2D eigenvalue weighted by molar-refractivity contribution is 5.91. The van der Waals surface area contributed by atoms with Crippen LogP contribution < -0.4 is 23.7 Å². The largest absolute Gasteiger partial charge is 0.496 e. The van der Waals surface area contributed by atoms with Crippen LogP contribution in [0.4, 0.5) is 0 Å². The Kier molecular flexibility index (Phi) is 3.94. The van der Waals surface area contributed by atoms with Crippen LogP contribution in [0, 0.1) is 0 Å². The maximum Gasteiger partial charge on any atom is 0.207 e. The van der Waals surface area contributed by atoms with Crippen molar-refractivity contribution in [3.63, 3.8) is 0 Å². The van der Waals surface area contributed by atoms with Gasteiger partial charge < -0.3 is 23.7 Å². The molecule has 0 spiro atoms. The number of hydrogen-bond donors (Lipinski definition) is 0. The van der Waals surface area contributed by atoms with Gasteiger partial charge >= 0.3 is 0 Å². The summed E-state index contributed by atoms with van der Waals surface area (Å²) < 4.78 is 27.9. The maximum absolute atomic E-state index is 5.66. The van der Waals surface area contributed by atoms with Gasteiger partial charge in [-0.25, -0.2) is 0 Å². The number of methoxy groups -OCH3 is 5. The minimum Gasteiger partial charge on any atom is -0.496 e. The molecule has 1 aliphatic carbocycles. The molecule has 0 bridgehead atoms. The normalized spacial score (nSPS) is 11.5. The quantitative estimate of drug-likeness (QED) is 0.723. The lowest BCUT2D eigenvalue weighted by atomic mass is 10.0. The molecular formula is C18H20O5. The first-order valence-electron chi connectivity index (χ1n) is 7.26. The van der Waals surface area contributed by atoms with Crippen LogP contribution in [0.2, 0.25) is 0 Å². The molecule has 0 amide bonds. The third-order valence-corrected chi connectivity index (χ3v) is 4.19. The molecule has 2 aromatic rings. The third kappa shape index (κ3) is 2.07. The predicted molar refractivity (Wildman–Crippen MR) is 87.4 cm³/mol. The van der Waals surface area contributed by atoms with Crippen LogP contribution in [0.25, 0.3) is 11.1 Å². The van der Waals surface area contributed by atoms with Gasteiger partial charge in [0.1, 0.15) is 5.75 Å². The Morgan fingerprint density at radius 3 is 1.83 bits per heavy atom. The van der Waals surface area contributed by atoms with E-state index in [-0.39, 0.29) is 0 Å². The highest BCUT2D eigenvalue weighted by Crippen LogP contribution is 2.58. The van der Waals surface area contributed by atoms with Crippen molar-refractivity contribution in [3.8, 4) is 39.9 Å². The van der Waals surface area contributed by atoms with Crippen molar-refractivity contribution in [1.29, 1.82) is 0 Å². The summed E-state index contributed by atoms with van der Waals surface area (Å²) in [6.07, 6.45) is 0.724. The molecule has 0 fully saturated rings. The highest BCUT2D eigenvalue weighted by atomic mass is 16.5. The molecule has 0 heterocycles. The summed E-state index contributed by atoms with van der Waals surface area (Å²) in [7, 11) is 8.10. The molecule has 0 saturated carbocycles. The first kappa shape index (κ1) is 15.3. The first-order chi connectivity index (χ1) is 11.2. The van der Waals surface area contributed by atoms with E-state index in [0.717, 1.165) is 34.4 Å². The number of hydrogen-bond acceptors (Lipinski definition) is 5. The highest BCUT2D eigenvalue weighted by Gasteiger charge is 2.34. The topological polar surface area (TPSA) is 46.2 Å². The summed E-state index contributed by atoms with van der Waals surface area (Å²) in [4.78, 5) is 0. The molecule has 1 aliphatic rings. The van der Waals surface area contributed by atoms with Crippen molar-refractivity contribution >= 4 is 0 Å². The molecule has 3 rings (SSSR count). The molecule has 0 N–H and O–H groups in total. The molecule has 2 aromatic carbocycles. The predicted octanol–water partition coefficient (Wildman–Crippen LogP) is 3.30. The Bertz CT molecular complexity index is 752. The zero-order valence-corrected chi connectivity index (χ0v) is 14.0. The lowest BCUT2D eigenvalue weighted by molar-refractivity contribution is 0.305. The van der Waals surface area contributed by atoms with Gasteiger partial charge in [-0.05, 0) is 11.6 Å². The fourth-order valence-electron chi connectivity index (χ4n) is 3.29. The van der Waals surface area contributed by atoms with Crippen molar-refractivity contribution in [1.82, 2.24) is 0 Å². The molecule has 0 aromatic heterocycles. The van der Waals surface area contributed by atoms with Gasteiger partial charge in [-0.3, -0.25) is 0 Å². The zero-order chi connectivity index (χ0) is 16.6. The molecular weight excluding hydrogens is 296 g/mol. The number of rotatable bonds is 5. The maximum atomic E-state index is 5.66. The molecule has 5 nitrogen and oxygen atoms in total. The second-order valence-electron chi connectivity index (χ2n) is 5.16. The van der Waals surface area contributed by atoms with Gasteiger partial charge in [-0.2, -0.15) is 0 Å². The fraction of sp³-hybridized carbons (Fsp3) is 0.333. The van der Waals surface area contributed by atoms with Crippen molar-refractivity contribution in [2.75, 3.05) is 35.5 Å². The van der Waals surface area contributed by atoms with Crippen molar-refractivity contribution in [3.05, 3.63) is 29.3 Å². The molecule has 122 valence electrons. The summed E-state index contributed by atoms with van der Waals surface area (Å²) in [5, 5.41) is 0. The summed E-state index contributed by atoms with van der Waals surface area (Å²) >= 11 is 0. The van der Waals surface area contributed by atoms with Gasteiger partial charge in [-0.1, -0.05) is 12.1 Å². The lowest BCUT2D eigenvalue weighted by Crippen LogP contribution is -2.02. The average Bonchev–Trinajstić information content (AvgIpc) is 2.98. The molecule has 0 aliphatic heterocycles. The second-order valence-corrected chi connectivity index (χ2v) is 5.16. The zero-order valence-electron chi connectivity index (χ0n) is 14.0. The molecule has 23 heavy (non-hydrogen) atoms. The SMILES string of the molecule is COc1cccc2c1-c1c(c(OC)c(OC)c(OC)c1OC)C2. The summed E-state index contributed by atoms with van der Waals surface area (Å²) in [5.74, 6) is 3.15. The van der Waals surface area contributed by atoms with Crippen LogP contribution in [0.5, 0.6) is 28.7 Å². The van der Waals surface area contributed by atoms with Gasteiger partial charge in [0.25, 0.3) is 0 Å². The van der Waals surface area contributed by atoms with Crippen molar-refractivity contribution in [2.45, 2.75) is 6.42 Å². The molecule has 5 heteroatoms. The van der Waals surface area contributed by atoms with Gasteiger partial charge in [0, 0.05) is 23.1 Å². The van der Waals surface area contributed by atoms with Crippen LogP contribution in [0.3, 0.4) is 0 Å². The minimum absolute atomic E-state index is 0.518. The average molecular weight is 316 g/mol. The van der Waals surface area contributed by atoms with Gasteiger partial charge in [-0.15, -0.1) is 0 Å². The summed E-state index contributed by atoms with van der Waals surface area (Å²) in [6.45, 7) is 0. The molecule has 0 saturated heterocycles. The van der Waals surface area contributed by atoms with E-state index in [9.17, 15) is 0 Å². The number of fused-ring (bicyclic) bond motifs is 3. The van der Waals surface area contributed by atoms with E-state index in [2.05, 4.69) is 6.07 Å². The Hall–Kier alpha value is -2.56. The van der Waals surface area contributed by atoms with Gasteiger partial charge in [0.2, 0.25) is 11.5 Å².